The molecule has 0 saturated carbocycles. The van der Waals surface area contributed by atoms with Gasteiger partial charge in [0.15, 0.2) is 0 Å². The first-order chi connectivity index (χ1) is 15.5. The van der Waals surface area contributed by atoms with Gasteiger partial charge < -0.3 is 0 Å². The number of thioether (sulfide) groups is 2. The molecule has 2 unspecified atom stereocenters. The van der Waals surface area contributed by atoms with Gasteiger partial charge in [0.25, 0.3) is 0 Å². The van der Waals surface area contributed by atoms with E-state index in [1.807, 2.05) is 13.8 Å². The molecular formula is C20H34N4O4S4Sn+2. The maximum atomic E-state index is 5.98. The van der Waals surface area contributed by atoms with E-state index in [1.54, 1.807) is 60.4 Å². The summed E-state index contributed by atoms with van der Waals surface area (Å²) in [4.78, 5) is 0. The first kappa shape index (κ1) is 29.7. The SMILES string of the molecule is COCC(C)(C)COC(C)Sc1nn[c]([Sn+2][c]2nnc(SC(C)OCC(C)(C)COC)s2)s1. The van der Waals surface area contributed by atoms with E-state index < -0.39 is 21.1 Å². The summed E-state index contributed by atoms with van der Waals surface area (Å²) in [7, 11) is 3.43. The molecule has 0 aliphatic heterocycles. The minimum atomic E-state index is -1.11. The molecule has 33 heavy (non-hydrogen) atoms. The molecule has 2 aromatic heterocycles. The van der Waals surface area contributed by atoms with Gasteiger partial charge in [0.05, 0.1) is 0 Å². The van der Waals surface area contributed by atoms with E-state index in [9.17, 15) is 0 Å². The van der Waals surface area contributed by atoms with Crippen LogP contribution in [-0.4, -0.2) is 93.1 Å². The predicted molar refractivity (Wildman–Crippen MR) is 139 cm³/mol. The minimum absolute atomic E-state index is 0.00668. The number of methoxy groups -OCH3 is 2. The second kappa shape index (κ2) is 14.3. The summed E-state index contributed by atoms with van der Waals surface area (Å²) >= 11 is 5.39. The van der Waals surface area contributed by atoms with E-state index in [0.717, 1.165) is 14.7 Å². The van der Waals surface area contributed by atoms with E-state index in [1.165, 1.54) is 0 Å². The van der Waals surface area contributed by atoms with Crippen molar-refractivity contribution >= 4 is 73.4 Å². The second-order valence-corrected chi connectivity index (χ2v) is 19.6. The van der Waals surface area contributed by atoms with Crippen molar-refractivity contribution in [1.29, 1.82) is 0 Å². The summed E-state index contributed by atoms with van der Waals surface area (Å²) in [6.07, 6.45) is 0. The zero-order chi connectivity index (χ0) is 24.5. The average Bonchev–Trinajstić information content (AvgIpc) is 3.34. The third-order valence-corrected chi connectivity index (χ3v) is 12.6. The van der Waals surface area contributed by atoms with Crippen LogP contribution in [0.3, 0.4) is 0 Å². The van der Waals surface area contributed by atoms with Crippen molar-refractivity contribution in [2.75, 3.05) is 40.6 Å². The fraction of sp³-hybridized carbons (Fsp3) is 0.800. The van der Waals surface area contributed by atoms with Crippen LogP contribution in [-0.2, 0) is 18.9 Å². The van der Waals surface area contributed by atoms with E-state index in [0.29, 0.717) is 26.4 Å². The van der Waals surface area contributed by atoms with Crippen molar-refractivity contribution in [3.05, 3.63) is 0 Å². The van der Waals surface area contributed by atoms with E-state index >= 15 is 0 Å². The van der Waals surface area contributed by atoms with Crippen molar-refractivity contribution < 1.29 is 18.9 Å². The quantitative estimate of drug-likeness (QED) is 0.155. The number of ether oxygens (including phenoxy) is 4. The van der Waals surface area contributed by atoms with Gasteiger partial charge in [-0.05, 0) is 0 Å². The molecule has 0 bridgehead atoms. The summed E-state index contributed by atoms with van der Waals surface area (Å²) in [6, 6.07) is 0. The third kappa shape index (κ3) is 11.8. The molecule has 184 valence electrons. The summed E-state index contributed by atoms with van der Waals surface area (Å²) < 4.78 is 26.5. The van der Waals surface area contributed by atoms with E-state index in [2.05, 4.69) is 48.1 Å². The van der Waals surface area contributed by atoms with Crippen LogP contribution >= 0.6 is 46.2 Å². The third-order valence-electron chi connectivity index (χ3n) is 4.05. The summed E-state index contributed by atoms with van der Waals surface area (Å²) in [5, 5.41) is 17.5. The Hall–Kier alpha value is 0.459. The first-order valence-electron chi connectivity index (χ1n) is 10.5. The molecule has 0 aromatic carbocycles. The predicted octanol–water partition coefficient (Wildman–Crippen LogP) is 3.30. The van der Waals surface area contributed by atoms with Crippen LogP contribution in [0.15, 0.2) is 8.68 Å². The molecule has 0 N–H and O–H groups in total. The Bertz CT molecular complexity index is 770. The molecule has 0 aliphatic rings. The van der Waals surface area contributed by atoms with Crippen LogP contribution in [0.4, 0.5) is 0 Å². The standard InChI is InChI=1S/2C10H17N2O2S2.Sn/c2*1-8(16-9-12-11-7-15-9)14-6-10(2,3)5-13-4;/h2*8H,5-6H2,1-4H3;/q;;+2. The second-order valence-electron chi connectivity index (χ2n) is 9.06. The fourth-order valence-electron chi connectivity index (χ4n) is 2.61. The van der Waals surface area contributed by atoms with Gasteiger partial charge in [-0.15, -0.1) is 0 Å². The van der Waals surface area contributed by atoms with Crippen molar-refractivity contribution in [2.45, 2.75) is 61.1 Å². The molecule has 8 nitrogen and oxygen atoms in total. The molecule has 2 atom stereocenters. The Kier molecular flexibility index (Phi) is 12.8. The Balaban J connectivity index is 1.79. The van der Waals surface area contributed by atoms with Crippen molar-refractivity contribution in [2.24, 2.45) is 10.8 Å². The molecule has 2 heterocycles. The molecule has 0 spiro atoms. The molecule has 2 aromatic rings. The summed E-state index contributed by atoms with van der Waals surface area (Å²) in [5.41, 5.74) is -0.0133. The number of nitrogens with zero attached hydrogens (tertiary/aromatic N) is 4. The van der Waals surface area contributed by atoms with Gasteiger partial charge in [0.2, 0.25) is 0 Å². The molecule has 13 heteroatoms. The summed E-state index contributed by atoms with van der Waals surface area (Å²) in [6.45, 7) is 15.2. The normalized spacial score (nSPS) is 14.3. The topological polar surface area (TPSA) is 88.5 Å². The van der Waals surface area contributed by atoms with Gasteiger partial charge in [0.1, 0.15) is 0 Å². The van der Waals surface area contributed by atoms with Crippen LogP contribution in [0.1, 0.15) is 41.5 Å². The van der Waals surface area contributed by atoms with Gasteiger partial charge in [0, 0.05) is 0 Å². The molecule has 0 aliphatic carbocycles. The van der Waals surface area contributed by atoms with Gasteiger partial charge in [-0.2, -0.15) is 0 Å². The van der Waals surface area contributed by atoms with Crippen LogP contribution in [0.25, 0.3) is 0 Å². The van der Waals surface area contributed by atoms with Crippen LogP contribution in [0, 0.1) is 10.8 Å². The van der Waals surface area contributed by atoms with Gasteiger partial charge in [-0.1, -0.05) is 0 Å². The molecule has 0 amide bonds. The van der Waals surface area contributed by atoms with Crippen LogP contribution in [0.5, 0.6) is 0 Å². The van der Waals surface area contributed by atoms with E-state index in [4.69, 9.17) is 18.9 Å². The van der Waals surface area contributed by atoms with Crippen molar-refractivity contribution in [1.82, 2.24) is 20.4 Å². The van der Waals surface area contributed by atoms with Crippen LogP contribution < -0.4 is 6.05 Å². The Labute approximate surface area is 223 Å². The van der Waals surface area contributed by atoms with E-state index in [-0.39, 0.29) is 21.7 Å². The zero-order valence-electron chi connectivity index (χ0n) is 20.5. The summed E-state index contributed by atoms with van der Waals surface area (Å²) in [5.74, 6) is 0. The van der Waals surface area contributed by atoms with Crippen molar-refractivity contribution in [3.63, 3.8) is 0 Å². The van der Waals surface area contributed by atoms with Gasteiger partial charge in [-0.25, -0.2) is 0 Å². The van der Waals surface area contributed by atoms with Crippen LogP contribution in [0.2, 0.25) is 0 Å². The molecule has 0 fully saturated rings. The zero-order valence-corrected chi connectivity index (χ0v) is 26.7. The molecule has 0 saturated heterocycles. The fourth-order valence-corrected chi connectivity index (χ4v) is 12.7. The van der Waals surface area contributed by atoms with Crippen molar-refractivity contribution in [3.8, 4) is 0 Å². The number of hydrogen-bond acceptors (Lipinski definition) is 12. The van der Waals surface area contributed by atoms with Gasteiger partial charge in [-0.3, -0.25) is 0 Å². The maximum absolute atomic E-state index is 5.98. The molecule has 2 rings (SSSR count). The monoisotopic (exact) mass is 642 g/mol. The number of aromatic nitrogens is 4. The average molecular weight is 641 g/mol. The van der Waals surface area contributed by atoms with Gasteiger partial charge >= 0.3 is 225 Å². The Morgan fingerprint density at radius 3 is 1.48 bits per heavy atom. The number of rotatable bonds is 16. The Morgan fingerprint density at radius 2 is 1.12 bits per heavy atom. The number of hydrogen-bond donors (Lipinski definition) is 0. The Morgan fingerprint density at radius 1 is 0.727 bits per heavy atom. The molecular weight excluding hydrogens is 607 g/mol. The first-order valence-corrected chi connectivity index (χ1v) is 16.7. The molecule has 0 radical (unpaired) electrons.